The van der Waals surface area contributed by atoms with Crippen LogP contribution < -0.4 is 4.74 Å². The van der Waals surface area contributed by atoms with E-state index < -0.39 is 17.6 Å². The summed E-state index contributed by atoms with van der Waals surface area (Å²) in [7, 11) is 2.86. The van der Waals surface area contributed by atoms with Crippen LogP contribution in [0.1, 0.15) is 50.0 Å². The third kappa shape index (κ3) is 3.41. The molecule has 1 spiro atoms. The number of esters is 1. The molecule has 6 heteroatoms. The lowest BCUT2D eigenvalue weighted by atomic mass is 9.80. The van der Waals surface area contributed by atoms with Gasteiger partial charge in [-0.25, -0.2) is 9.18 Å². The minimum atomic E-state index is -2.03. The largest absolute Gasteiger partial charge is 0.497 e. The summed E-state index contributed by atoms with van der Waals surface area (Å²) in [5, 5.41) is 0. The summed E-state index contributed by atoms with van der Waals surface area (Å²) in [4.78, 5) is 14.6. The fourth-order valence-corrected chi connectivity index (χ4v) is 5.35. The second kappa shape index (κ2) is 7.64. The van der Waals surface area contributed by atoms with Gasteiger partial charge >= 0.3 is 5.97 Å². The van der Waals surface area contributed by atoms with Gasteiger partial charge in [0.15, 0.2) is 0 Å². The lowest BCUT2D eigenvalue weighted by molar-refractivity contribution is -0.155. The van der Waals surface area contributed by atoms with E-state index in [2.05, 4.69) is 4.90 Å². The van der Waals surface area contributed by atoms with Crippen molar-refractivity contribution >= 4 is 5.97 Å². The van der Waals surface area contributed by atoms with Crippen molar-refractivity contribution in [2.45, 2.75) is 61.8 Å². The van der Waals surface area contributed by atoms with Crippen LogP contribution in [0.2, 0.25) is 0 Å². The van der Waals surface area contributed by atoms with Gasteiger partial charge in [-0.15, -0.1) is 0 Å². The molecule has 0 bridgehead atoms. The highest BCUT2D eigenvalue weighted by molar-refractivity contribution is 5.82. The number of alkyl halides is 1. The summed E-state index contributed by atoms with van der Waals surface area (Å²) >= 11 is 0. The zero-order chi connectivity index (χ0) is 19.8. The van der Waals surface area contributed by atoms with E-state index >= 15 is 4.39 Å². The Morgan fingerprint density at radius 1 is 1.18 bits per heavy atom. The van der Waals surface area contributed by atoms with Crippen molar-refractivity contribution in [3.8, 4) is 5.75 Å². The Balaban J connectivity index is 1.52. The van der Waals surface area contributed by atoms with Crippen molar-refractivity contribution in [1.82, 2.24) is 4.90 Å². The van der Waals surface area contributed by atoms with E-state index in [-0.39, 0.29) is 18.2 Å². The molecular weight excluding hydrogens is 361 g/mol. The van der Waals surface area contributed by atoms with E-state index in [1.54, 1.807) is 7.11 Å². The molecule has 1 aromatic carbocycles. The first-order chi connectivity index (χ1) is 13.5. The van der Waals surface area contributed by atoms with Crippen LogP contribution in [-0.2, 0) is 14.3 Å². The number of halogens is 1. The van der Waals surface area contributed by atoms with Crippen molar-refractivity contribution in [3.05, 3.63) is 29.8 Å². The van der Waals surface area contributed by atoms with E-state index in [1.807, 2.05) is 24.3 Å². The van der Waals surface area contributed by atoms with E-state index in [0.717, 1.165) is 56.4 Å². The SMILES string of the molecule is COC(=O)[C@]1(F)CN([C@H]2CC[C@@]3(CCCO3)CC2)C[C@H]1c1ccc(OC)cc1. The zero-order valence-electron chi connectivity index (χ0n) is 16.8. The minimum absolute atomic E-state index is 0.0563. The van der Waals surface area contributed by atoms with Gasteiger partial charge in [0.25, 0.3) is 0 Å². The Morgan fingerprint density at radius 3 is 2.46 bits per heavy atom. The monoisotopic (exact) mass is 391 g/mol. The number of ether oxygens (including phenoxy) is 3. The summed E-state index contributed by atoms with van der Waals surface area (Å²) in [6.07, 6.45) is 6.32. The molecule has 0 amide bonds. The first kappa shape index (κ1) is 19.6. The van der Waals surface area contributed by atoms with E-state index in [1.165, 1.54) is 7.11 Å². The normalized spacial score (nSPS) is 36.0. The maximum absolute atomic E-state index is 16.0. The number of hydrogen-bond acceptors (Lipinski definition) is 5. The van der Waals surface area contributed by atoms with Gasteiger partial charge < -0.3 is 14.2 Å². The average molecular weight is 391 g/mol. The van der Waals surface area contributed by atoms with Crippen molar-refractivity contribution in [2.75, 3.05) is 33.9 Å². The van der Waals surface area contributed by atoms with E-state index in [9.17, 15) is 4.79 Å². The summed E-state index contributed by atoms with van der Waals surface area (Å²) in [6.45, 7) is 1.48. The standard InChI is InChI=1S/C22H30FNO4/c1-26-18-6-4-16(5-7-18)19-14-24(15-22(19,23)20(25)27-2)17-8-11-21(12-9-17)10-3-13-28-21/h4-7,17,19H,3,8-15H2,1-2H3/t17-,19-,21-,22-/m0/s1. The van der Waals surface area contributed by atoms with Crippen LogP contribution in [0, 0.1) is 0 Å². The molecule has 3 aliphatic rings. The van der Waals surface area contributed by atoms with Gasteiger partial charge in [0.1, 0.15) is 5.75 Å². The highest BCUT2D eigenvalue weighted by atomic mass is 19.1. The lowest BCUT2D eigenvalue weighted by Gasteiger charge is -2.40. The fraction of sp³-hybridized carbons (Fsp3) is 0.682. The first-order valence-corrected chi connectivity index (χ1v) is 10.3. The molecule has 28 heavy (non-hydrogen) atoms. The van der Waals surface area contributed by atoms with Gasteiger partial charge in [0.05, 0.1) is 19.8 Å². The Bertz CT molecular complexity index is 693. The minimum Gasteiger partial charge on any atom is -0.497 e. The van der Waals surface area contributed by atoms with Crippen LogP contribution in [-0.4, -0.2) is 62.1 Å². The second-order valence-electron chi connectivity index (χ2n) is 8.48. The Kier molecular flexibility index (Phi) is 5.36. The molecule has 1 saturated carbocycles. The summed E-state index contributed by atoms with van der Waals surface area (Å²) in [6, 6.07) is 7.63. The highest BCUT2D eigenvalue weighted by Gasteiger charge is 2.56. The number of methoxy groups -OCH3 is 2. The second-order valence-corrected chi connectivity index (χ2v) is 8.48. The van der Waals surface area contributed by atoms with Gasteiger partial charge in [-0.1, -0.05) is 12.1 Å². The van der Waals surface area contributed by atoms with Crippen LogP contribution in [0.5, 0.6) is 5.75 Å². The lowest BCUT2D eigenvalue weighted by Crippen LogP contribution is -2.45. The maximum atomic E-state index is 16.0. The molecule has 2 aliphatic heterocycles. The Hall–Kier alpha value is -1.66. The number of rotatable bonds is 4. The maximum Gasteiger partial charge on any atom is 0.345 e. The molecule has 2 atom stereocenters. The molecule has 1 aliphatic carbocycles. The topological polar surface area (TPSA) is 48.0 Å². The number of likely N-dealkylation sites (tertiary alicyclic amines) is 1. The Labute approximate surface area is 166 Å². The van der Waals surface area contributed by atoms with Crippen LogP contribution in [0.3, 0.4) is 0 Å². The van der Waals surface area contributed by atoms with Crippen LogP contribution in [0.15, 0.2) is 24.3 Å². The van der Waals surface area contributed by atoms with Crippen molar-refractivity contribution in [1.29, 1.82) is 0 Å². The van der Waals surface area contributed by atoms with E-state index in [4.69, 9.17) is 14.2 Å². The molecule has 154 valence electrons. The molecule has 0 radical (unpaired) electrons. The zero-order valence-corrected chi connectivity index (χ0v) is 16.8. The predicted molar refractivity (Wildman–Crippen MR) is 103 cm³/mol. The summed E-state index contributed by atoms with van der Waals surface area (Å²) in [5.41, 5.74) is -1.16. The molecule has 2 saturated heterocycles. The number of benzene rings is 1. The molecule has 2 heterocycles. The van der Waals surface area contributed by atoms with Crippen molar-refractivity contribution < 1.29 is 23.4 Å². The molecule has 5 nitrogen and oxygen atoms in total. The van der Waals surface area contributed by atoms with Gasteiger partial charge in [0.2, 0.25) is 5.67 Å². The molecule has 0 unspecified atom stereocenters. The van der Waals surface area contributed by atoms with Crippen molar-refractivity contribution in [3.63, 3.8) is 0 Å². The highest BCUT2D eigenvalue weighted by Crippen LogP contribution is 2.45. The number of carbonyl (C=O) groups excluding carboxylic acids is 1. The van der Waals surface area contributed by atoms with E-state index in [0.29, 0.717) is 6.54 Å². The average Bonchev–Trinajstić information content (AvgIpc) is 3.33. The Morgan fingerprint density at radius 2 is 1.89 bits per heavy atom. The molecular formula is C22H30FNO4. The molecule has 0 aromatic heterocycles. The van der Waals surface area contributed by atoms with Crippen LogP contribution in [0.25, 0.3) is 0 Å². The first-order valence-electron chi connectivity index (χ1n) is 10.3. The van der Waals surface area contributed by atoms with Gasteiger partial charge in [-0.05, 0) is 56.2 Å². The van der Waals surface area contributed by atoms with Gasteiger partial charge in [0, 0.05) is 31.7 Å². The van der Waals surface area contributed by atoms with Crippen LogP contribution in [0.4, 0.5) is 4.39 Å². The van der Waals surface area contributed by atoms with Crippen molar-refractivity contribution in [2.24, 2.45) is 0 Å². The fourth-order valence-electron chi connectivity index (χ4n) is 5.35. The third-order valence-corrected chi connectivity index (χ3v) is 7.01. The number of carbonyl (C=O) groups is 1. The molecule has 1 aromatic rings. The summed E-state index contributed by atoms with van der Waals surface area (Å²) in [5.74, 6) is -0.595. The van der Waals surface area contributed by atoms with Gasteiger partial charge in [-0.3, -0.25) is 4.90 Å². The van der Waals surface area contributed by atoms with Crippen LogP contribution >= 0.6 is 0 Å². The molecule has 3 fully saturated rings. The smallest absolute Gasteiger partial charge is 0.345 e. The number of nitrogens with zero attached hydrogens (tertiary/aromatic N) is 1. The molecule has 0 N–H and O–H groups in total. The number of hydrogen-bond donors (Lipinski definition) is 0. The third-order valence-electron chi connectivity index (χ3n) is 7.01. The quantitative estimate of drug-likeness (QED) is 0.736. The predicted octanol–water partition coefficient (Wildman–Crippen LogP) is 3.47. The van der Waals surface area contributed by atoms with Gasteiger partial charge in [-0.2, -0.15) is 0 Å². The molecule has 4 rings (SSSR count). The summed E-state index contributed by atoms with van der Waals surface area (Å²) < 4.78 is 32.1.